The van der Waals surface area contributed by atoms with Crippen LogP contribution in [0.2, 0.25) is 0 Å². The Bertz CT molecular complexity index is 863. The van der Waals surface area contributed by atoms with E-state index in [-0.39, 0.29) is 22.9 Å². The van der Waals surface area contributed by atoms with Gasteiger partial charge in [-0.05, 0) is 33.3 Å². The van der Waals surface area contributed by atoms with Crippen molar-refractivity contribution in [2.75, 3.05) is 23.8 Å². The van der Waals surface area contributed by atoms with Gasteiger partial charge in [0.15, 0.2) is 5.82 Å². The minimum atomic E-state index is -0.266. The number of carbonyl (C=O) groups is 1. The van der Waals surface area contributed by atoms with Crippen LogP contribution in [0.3, 0.4) is 0 Å². The van der Waals surface area contributed by atoms with Gasteiger partial charge in [-0.25, -0.2) is 9.97 Å². The first kappa shape index (κ1) is 17.3. The minimum absolute atomic E-state index is 0.162. The summed E-state index contributed by atoms with van der Waals surface area (Å²) in [7, 11) is 1.66. The number of nitrogens with one attached hydrogen (secondary N) is 2. The molecule has 0 spiro atoms. The number of fused-ring (bicyclic) bond motifs is 1. The van der Waals surface area contributed by atoms with Crippen LogP contribution in [0.25, 0.3) is 10.9 Å². The van der Waals surface area contributed by atoms with E-state index in [1.807, 2.05) is 20.8 Å². The predicted octanol–water partition coefficient (Wildman–Crippen LogP) is 1.51. The lowest BCUT2D eigenvalue weighted by molar-refractivity contribution is -0.119. The van der Waals surface area contributed by atoms with Crippen molar-refractivity contribution in [2.24, 2.45) is 13.0 Å². The standard InChI is InChI=1S/C17H23N5O3/c1-17(2,3)21-16-19-12-11(15(24)22(16)4)5-7-18-13(12)20-14(23)10-6-8-25-9-10/h5,7,10H,6,8-9H2,1-4H3,(H,19,21)(H,18,20,23). The van der Waals surface area contributed by atoms with E-state index in [1.54, 1.807) is 13.1 Å². The average Bonchev–Trinajstić information content (AvgIpc) is 3.06. The lowest BCUT2D eigenvalue weighted by atomic mass is 10.1. The Hall–Kier alpha value is -2.48. The summed E-state index contributed by atoms with van der Waals surface area (Å²) in [5, 5.41) is 6.42. The van der Waals surface area contributed by atoms with Crippen LogP contribution < -0.4 is 16.2 Å². The normalized spacial score (nSPS) is 17.7. The molecule has 2 aromatic heterocycles. The topological polar surface area (TPSA) is 98.1 Å². The summed E-state index contributed by atoms with van der Waals surface area (Å²) in [6.07, 6.45) is 2.19. The third kappa shape index (κ3) is 3.63. The first-order valence-electron chi connectivity index (χ1n) is 8.29. The van der Waals surface area contributed by atoms with E-state index in [0.717, 1.165) is 0 Å². The second kappa shape index (κ2) is 6.44. The van der Waals surface area contributed by atoms with Gasteiger partial charge in [0.05, 0.1) is 17.9 Å². The maximum atomic E-state index is 12.7. The maximum absolute atomic E-state index is 12.7. The van der Waals surface area contributed by atoms with Crippen molar-refractivity contribution in [2.45, 2.75) is 32.7 Å². The predicted molar refractivity (Wildman–Crippen MR) is 95.7 cm³/mol. The summed E-state index contributed by atoms with van der Waals surface area (Å²) in [6, 6.07) is 1.61. The highest BCUT2D eigenvalue weighted by atomic mass is 16.5. The van der Waals surface area contributed by atoms with Crippen molar-refractivity contribution < 1.29 is 9.53 Å². The maximum Gasteiger partial charge on any atom is 0.262 e. The zero-order valence-corrected chi connectivity index (χ0v) is 14.9. The van der Waals surface area contributed by atoms with Crippen molar-refractivity contribution in [3.05, 3.63) is 22.6 Å². The number of hydrogen-bond acceptors (Lipinski definition) is 6. The lowest BCUT2D eigenvalue weighted by Gasteiger charge is -2.23. The number of anilines is 2. The van der Waals surface area contributed by atoms with Gasteiger partial charge in [0.2, 0.25) is 11.9 Å². The highest BCUT2D eigenvalue weighted by Crippen LogP contribution is 2.21. The number of hydrogen-bond donors (Lipinski definition) is 2. The molecule has 8 heteroatoms. The second-order valence-electron chi connectivity index (χ2n) is 7.28. The van der Waals surface area contributed by atoms with Crippen molar-refractivity contribution in [1.82, 2.24) is 14.5 Å². The number of ether oxygens (including phenoxy) is 1. The molecule has 1 fully saturated rings. The van der Waals surface area contributed by atoms with Gasteiger partial charge in [0.1, 0.15) is 5.52 Å². The molecule has 3 rings (SSSR count). The molecule has 1 saturated heterocycles. The summed E-state index contributed by atoms with van der Waals surface area (Å²) in [6.45, 7) is 6.93. The average molecular weight is 345 g/mol. The minimum Gasteiger partial charge on any atom is -0.381 e. The highest BCUT2D eigenvalue weighted by Gasteiger charge is 2.25. The van der Waals surface area contributed by atoms with E-state index in [1.165, 1.54) is 10.8 Å². The summed E-state index contributed by atoms with van der Waals surface area (Å²) >= 11 is 0. The zero-order valence-electron chi connectivity index (χ0n) is 14.9. The second-order valence-corrected chi connectivity index (χ2v) is 7.28. The zero-order chi connectivity index (χ0) is 18.2. The van der Waals surface area contributed by atoms with E-state index in [0.29, 0.717) is 42.3 Å². The molecule has 1 aliphatic rings. The van der Waals surface area contributed by atoms with Gasteiger partial charge in [-0.15, -0.1) is 0 Å². The molecule has 2 aromatic rings. The number of carbonyl (C=O) groups excluding carboxylic acids is 1. The Kier molecular flexibility index (Phi) is 4.47. The number of aromatic nitrogens is 3. The first-order chi connectivity index (χ1) is 11.8. The third-order valence-corrected chi connectivity index (χ3v) is 4.02. The van der Waals surface area contributed by atoms with Crippen LogP contribution in [-0.4, -0.2) is 39.2 Å². The van der Waals surface area contributed by atoms with E-state index in [9.17, 15) is 9.59 Å². The summed E-state index contributed by atoms with van der Waals surface area (Å²) in [5.74, 6) is 0.364. The van der Waals surface area contributed by atoms with Crippen molar-refractivity contribution in [3.8, 4) is 0 Å². The molecule has 1 amide bonds. The van der Waals surface area contributed by atoms with Crippen LogP contribution >= 0.6 is 0 Å². The molecule has 3 heterocycles. The van der Waals surface area contributed by atoms with Gasteiger partial charge in [-0.3, -0.25) is 14.2 Å². The van der Waals surface area contributed by atoms with Gasteiger partial charge in [0.25, 0.3) is 5.56 Å². The van der Waals surface area contributed by atoms with Crippen molar-refractivity contribution in [1.29, 1.82) is 0 Å². The van der Waals surface area contributed by atoms with Gasteiger partial charge in [-0.2, -0.15) is 0 Å². The molecule has 134 valence electrons. The van der Waals surface area contributed by atoms with E-state index < -0.39 is 0 Å². The lowest BCUT2D eigenvalue weighted by Crippen LogP contribution is -2.32. The molecule has 0 bridgehead atoms. The van der Waals surface area contributed by atoms with Crippen LogP contribution in [0.1, 0.15) is 27.2 Å². The number of amides is 1. The molecular formula is C17H23N5O3. The monoisotopic (exact) mass is 345 g/mol. The largest absolute Gasteiger partial charge is 0.381 e. The molecule has 8 nitrogen and oxygen atoms in total. The molecule has 0 aliphatic carbocycles. The van der Waals surface area contributed by atoms with E-state index in [4.69, 9.17) is 4.74 Å². The summed E-state index contributed by atoms with van der Waals surface area (Å²) in [4.78, 5) is 33.8. The number of rotatable bonds is 3. The van der Waals surface area contributed by atoms with Crippen LogP contribution in [0, 0.1) is 5.92 Å². The molecule has 1 atom stereocenters. The Morgan fingerprint density at radius 3 is 2.80 bits per heavy atom. The molecule has 0 radical (unpaired) electrons. The third-order valence-electron chi connectivity index (χ3n) is 4.02. The molecule has 0 aromatic carbocycles. The highest BCUT2D eigenvalue weighted by molar-refractivity contribution is 5.99. The Labute approximate surface area is 145 Å². The molecule has 1 unspecified atom stereocenters. The van der Waals surface area contributed by atoms with Crippen molar-refractivity contribution >= 4 is 28.6 Å². The Balaban J connectivity index is 2.04. The van der Waals surface area contributed by atoms with Crippen LogP contribution in [0.4, 0.5) is 11.8 Å². The number of nitrogens with zero attached hydrogens (tertiary/aromatic N) is 3. The molecule has 1 aliphatic heterocycles. The summed E-state index contributed by atoms with van der Waals surface area (Å²) < 4.78 is 6.71. The number of pyridine rings is 1. The van der Waals surface area contributed by atoms with Gasteiger partial charge in [0, 0.05) is 25.4 Å². The van der Waals surface area contributed by atoms with Gasteiger partial charge in [-0.1, -0.05) is 0 Å². The van der Waals surface area contributed by atoms with E-state index in [2.05, 4.69) is 20.6 Å². The van der Waals surface area contributed by atoms with Crippen LogP contribution in [-0.2, 0) is 16.6 Å². The Morgan fingerprint density at radius 2 is 2.16 bits per heavy atom. The molecule has 25 heavy (non-hydrogen) atoms. The first-order valence-corrected chi connectivity index (χ1v) is 8.29. The quantitative estimate of drug-likeness (QED) is 0.875. The van der Waals surface area contributed by atoms with Gasteiger partial charge >= 0.3 is 0 Å². The van der Waals surface area contributed by atoms with Gasteiger partial charge < -0.3 is 15.4 Å². The fourth-order valence-electron chi connectivity index (χ4n) is 2.70. The Morgan fingerprint density at radius 1 is 1.40 bits per heavy atom. The smallest absolute Gasteiger partial charge is 0.262 e. The van der Waals surface area contributed by atoms with Crippen molar-refractivity contribution in [3.63, 3.8) is 0 Å². The summed E-state index contributed by atoms with van der Waals surface area (Å²) in [5.41, 5.74) is -0.0824. The fourth-order valence-corrected chi connectivity index (χ4v) is 2.70. The SMILES string of the molecule is Cn1c(NC(C)(C)C)nc2c(NC(=O)C3CCOC3)nccc2c1=O. The van der Waals surface area contributed by atoms with Crippen LogP contribution in [0.5, 0.6) is 0 Å². The molecular weight excluding hydrogens is 322 g/mol. The van der Waals surface area contributed by atoms with Crippen LogP contribution in [0.15, 0.2) is 17.1 Å². The van der Waals surface area contributed by atoms with E-state index >= 15 is 0 Å². The molecule has 2 N–H and O–H groups in total. The molecule has 0 saturated carbocycles. The fraction of sp³-hybridized carbons (Fsp3) is 0.529.